The van der Waals surface area contributed by atoms with Crippen LogP contribution in [0, 0.1) is 5.82 Å². The normalized spacial score (nSPS) is 10.4. The average Bonchev–Trinajstić information content (AvgIpc) is 2.28. The van der Waals surface area contributed by atoms with E-state index in [1.165, 1.54) is 18.3 Å². The predicted octanol–water partition coefficient (Wildman–Crippen LogP) is 1.96. The minimum atomic E-state index is -0.321. The average molecular weight is 218 g/mol. The van der Waals surface area contributed by atoms with Gasteiger partial charge in [-0.05, 0) is 29.3 Å². The summed E-state index contributed by atoms with van der Waals surface area (Å²) in [6, 6.07) is 7.72. The number of aromatic nitrogens is 1. The van der Waals surface area contributed by atoms with Gasteiger partial charge in [0.1, 0.15) is 11.6 Å². The van der Waals surface area contributed by atoms with Crippen LogP contribution in [0.1, 0.15) is 5.56 Å². The molecule has 0 spiro atoms. The maximum atomic E-state index is 13.1. The maximum absolute atomic E-state index is 13.1. The number of anilines is 1. The molecule has 0 amide bonds. The third-order valence-electron chi connectivity index (χ3n) is 2.32. The van der Waals surface area contributed by atoms with Crippen molar-refractivity contribution in [3.63, 3.8) is 0 Å². The van der Waals surface area contributed by atoms with Crippen LogP contribution in [-0.2, 0) is 6.61 Å². The third-order valence-corrected chi connectivity index (χ3v) is 2.32. The molecule has 0 aliphatic carbocycles. The van der Waals surface area contributed by atoms with E-state index in [0.717, 1.165) is 0 Å². The van der Waals surface area contributed by atoms with Crippen LogP contribution in [0.15, 0.2) is 36.5 Å². The fourth-order valence-corrected chi connectivity index (χ4v) is 1.56. The lowest BCUT2D eigenvalue weighted by Gasteiger charge is -2.07. The smallest absolute Gasteiger partial charge is 0.123 e. The molecule has 2 aromatic rings. The molecule has 3 N–H and O–H groups in total. The Labute approximate surface area is 92.4 Å². The topological polar surface area (TPSA) is 59.1 Å². The quantitative estimate of drug-likeness (QED) is 0.810. The van der Waals surface area contributed by atoms with Crippen molar-refractivity contribution >= 4 is 5.82 Å². The van der Waals surface area contributed by atoms with Gasteiger partial charge in [-0.15, -0.1) is 0 Å². The lowest BCUT2D eigenvalue weighted by atomic mass is 10.0. The number of aliphatic hydroxyl groups is 1. The molecule has 0 saturated heterocycles. The van der Waals surface area contributed by atoms with Crippen molar-refractivity contribution in [1.29, 1.82) is 0 Å². The second-order valence-corrected chi connectivity index (χ2v) is 3.43. The number of pyridine rings is 1. The van der Waals surface area contributed by atoms with E-state index in [9.17, 15) is 9.50 Å². The first-order valence-electron chi connectivity index (χ1n) is 4.82. The molecule has 0 atom stereocenters. The summed E-state index contributed by atoms with van der Waals surface area (Å²) >= 11 is 0. The SMILES string of the molecule is Nc1cc(CO)c(-c2cccc(F)c2)cn1. The molecule has 1 aromatic carbocycles. The van der Waals surface area contributed by atoms with Gasteiger partial charge in [0.2, 0.25) is 0 Å². The van der Waals surface area contributed by atoms with Gasteiger partial charge in [-0.3, -0.25) is 0 Å². The second kappa shape index (κ2) is 4.28. The van der Waals surface area contributed by atoms with Gasteiger partial charge in [0, 0.05) is 11.8 Å². The third kappa shape index (κ3) is 2.01. The highest BCUT2D eigenvalue weighted by Gasteiger charge is 2.06. The molecule has 0 saturated carbocycles. The van der Waals surface area contributed by atoms with Crippen LogP contribution in [-0.4, -0.2) is 10.1 Å². The molecular formula is C12H11FN2O. The minimum Gasteiger partial charge on any atom is -0.392 e. The summed E-state index contributed by atoms with van der Waals surface area (Å²) in [5.41, 5.74) is 7.52. The fourth-order valence-electron chi connectivity index (χ4n) is 1.56. The summed E-state index contributed by atoms with van der Waals surface area (Å²) in [4.78, 5) is 3.94. The van der Waals surface area contributed by atoms with E-state index < -0.39 is 0 Å². The van der Waals surface area contributed by atoms with Gasteiger partial charge in [-0.1, -0.05) is 12.1 Å². The van der Waals surface area contributed by atoms with Gasteiger partial charge in [0.25, 0.3) is 0 Å². The number of rotatable bonds is 2. The molecule has 0 bridgehead atoms. The molecule has 0 fully saturated rings. The van der Waals surface area contributed by atoms with Crippen molar-refractivity contribution in [2.45, 2.75) is 6.61 Å². The van der Waals surface area contributed by atoms with Crippen molar-refractivity contribution in [2.24, 2.45) is 0 Å². The second-order valence-electron chi connectivity index (χ2n) is 3.43. The highest BCUT2D eigenvalue weighted by atomic mass is 19.1. The van der Waals surface area contributed by atoms with Crippen molar-refractivity contribution in [1.82, 2.24) is 4.98 Å². The van der Waals surface area contributed by atoms with Crippen molar-refractivity contribution in [2.75, 3.05) is 5.73 Å². The van der Waals surface area contributed by atoms with Crippen molar-refractivity contribution in [3.05, 3.63) is 47.9 Å². The van der Waals surface area contributed by atoms with E-state index in [-0.39, 0.29) is 12.4 Å². The predicted molar refractivity (Wildman–Crippen MR) is 60.0 cm³/mol. The first-order valence-corrected chi connectivity index (χ1v) is 4.82. The summed E-state index contributed by atoms with van der Waals surface area (Å²) in [5.74, 6) is 0.0161. The lowest BCUT2D eigenvalue weighted by Crippen LogP contribution is -1.96. The molecule has 82 valence electrons. The van der Waals surface area contributed by atoms with Crippen LogP contribution in [0.2, 0.25) is 0 Å². The highest BCUT2D eigenvalue weighted by molar-refractivity contribution is 5.67. The number of nitrogen functional groups attached to an aromatic ring is 1. The number of benzene rings is 1. The Bertz CT molecular complexity index is 514. The van der Waals surface area contributed by atoms with Gasteiger partial charge < -0.3 is 10.8 Å². The molecule has 1 aromatic heterocycles. The monoisotopic (exact) mass is 218 g/mol. The summed E-state index contributed by atoms with van der Waals surface area (Å²) in [7, 11) is 0. The molecule has 2 rings (SSSR count). The number of halogens is 1. The largest absolute Gasteiger partial charge is 0.392 e. The van der Waals surface area contributed by atoms with Gasteiger partial charge in [0.15, 0.2) is 0 Å². The molecule has 0 aliphatic rings. The van der Waals surface area contributed by atoms with E-state index >= 15 is 0 Å². The van der Waals surface area contributed by atoms with Crippen LogP contribution < -0.4 is 5.73 Å². The Balaban J connectivity index is 2.55. The van der Waals surface area contributed by atoms with E-state index in [1.54, 1.807) is 18.2 Å². The number of aliphatic hydroxyl groups excluding tert-OH is 1. The summed E-state index contributed by atoms with van der Waals surface area (Å²) in [6.45, 7) is -0.154. The summed E-state index contributed by atoms with van der Waals surface area (Å²) in [5, 5.41) is 9.20. The highest BCUT2D eigenvalue weighted by Crippen LogP contribution is 2.24. The molecule has 4 heteroatoms. The van der Waals surface area contributed by atoms with E-state index in [2.05, 4.69) is 4.98 Å². The summed E-state index contributed by atoms with van der Waals surface area (Å²) < 4.78 is 13.1. The van der Waals surface area contributed by atoms with Crippen LogP contribution in [0.3, 0.4) is 0 Å². The number of hydrogen-bond donors (Lipinski definition) is 2. The first-order chi connectivity index (χ1) is 7.70. The van der Waals surface area contributed by atoms with Crippen LogP contribution in [0.25, 0.3) is 11.1 Å². The number of hydrogen-bond acceptors (Lipinski definition) is 3. The van der Waals surface area contributed by atoms with E-state index in [4.69, 9.17) is 5.73 Å². The molecule has 16 heavy (non-hydrogen) atoms. The zero-order chi connectivity index (χ0) is 11.5. The molecular weight excluding hydrogens is 207 g/mol. The standard InChI is InChI=1S/C12H11FN2O/c13-10-3-1-2-8(4-10)11-6-15-12(14)5-9(11)7-16/h1-6,16H,7H2,(H2,14,15). The lowest BCUT2D eigenvalue weighted by molar-refractivity contribution is 0.282. The van der Waals surface area contributed by atoms with Gasteiger partial charge in [-0.2, -0.15) is 0 Å². The Morgan fingerprint density at radius 3 is 2.81 bits per heavy atom. The van der Waals surface area contributed by atoms with Gasteiger partial charge >= 0.3 is 0 Å². The zero-order valence-corrected chi connectivity index (χ0v) is 8.52. The van der Waals surface area contributed by atoms with Crippen molar-refractivity contribution < 1.29 is 9.50 Å². The molecule has 0 aliphatic heterocycles. The van der Waals surface area contributed by atoms with E-state index in [1.807, 2.05) is 0 Å². The van der Waals surface area contributed by atoms with Crippen LogP contribution in [0.4, 0.5) is 10.2 Å². The Morgan fingerprint density at radius 1 is 1.31 bits per heavy atom. The molecule has 3 nitrogen and oxygen atoms in total. The number of nitrogens with two attached hydrogens (primary N) is 1. The summed E-state index contributed by atoms with van der Waals surface area (Å²) in [6.07, 6.45) is 1.54. The minimum absolute atomic E-state index is 0.154. The fraction of sp³-hybridized carbons (Fsp3) is 0.0833. The van der Waals surface area contributed by atoms with Crippen LogP contribution >= 0.6 is 0 Å². The first kappa shape index (κ1) is 10.6. The van der Waals surface area contributed by atoms with Crippen LogP contribution in [0.5, 0.6) is 0 Å². The van der Waals surface area contributed by atoms with Gasteiger partial charge in [0.05, 0.1) is 6.61 Å². The number of nitrogens with zero attached hydrogens (tertiary/aromatic N) is 1. The Morgan fingerprint density at radius 2 is 2.12 bits per heavy atom. The van der Waals surface area contributed by atoms with Gasteiger partial charge in [-0.25, -0.2) is 9.37 Å². The molecule has 0 unspecified atom stereocenters. The van der Waals surface area contributed by atoms with Crippen molar-refractivity contribution in [3.8, 4) is 11.1 Å². The molecule has 1 heterocycles. The zero-order valence-electron chi connectivity index (χ0n) is 8.52. The molecule has 0 radical (unpaired) electrons. The Hall–Kier alpha value is -1.94. The Kier molecular flexibility index (Phi) is 2.83. The maximum Gasteiger partial charge on any atom is 0.123 e. The van der Waals surface area contributed by atoms with E-state index in [0.29, 0.717) is 22.5 Å².